The average Bonchev–Trinajstić information content (AvgIpc) is 3.03. The zero-order valence-corrected chi connectivity index (χ0v) is 23.8. The number of piperidine rings is 1. The summed E-state index contributed by atoms with van der Waals surface area (Å²) in [7, 11) is 0. The van der Waals surface area contributed by atoms with Crippen LogP contribution in [0.4, 0.5) is 13.2 Å². The van der Waals surface area contributed by atoms with E-state index in [9.17, 15) is 27.6 Å². The van der Waals surface area contributed by atoms with Gasteiger partial charge in [0.2, 0.25) is 0 Å². The molecule has 1 aliphatic rings. The Labute approximate surface area is 252 Å². The molecular formula is C34H31F3N2O5. The van der Waals surface area contributed by atoms with Crippen molar-refractivity contribution in [2.45, 2.75) is 37.6 Å². The summed E-state index contributed by atoms with van der Waals surface area (Å²) in [4.78, 5) is 41.5. The summed E-state index contributed by atoms with van der Waals surface area (Å²) in [5.41, 5.74) is 2.73. The molecule has 4 aromatic carbocycles. The molecule has 228 valence electrons. The number of hydrogen-bond acceptors (Lipinski definition) is 6. The molecule has 0 radical (unpaired) electrons. The molecule has 7 nitrogen and oxygen atoms in total. The Bertz CT molecular complexity index is 1610. The average molecular weight is 605 g/mol. The summed E-state index contributed by atoms with van der Waals surface area (Å²) < 4.78 is 45.1. The highest BCUT2D eigenvalue weighted by Crippen LogP contribution is 2.29. The molecule has 44 heavy (non-hydrogen) atoms. The van der Waals surface area contributed by atoms with Gasteiger partial charge >= 0.3 is 12.1 Å². The molecule has 4 aromatic rings. The fourth-order valence-corrected chi connectivity index (χ4v) is 5.23. The van der Waals surface area contributed by atoms with Crippen molar-refractivity contribution in [1.29, 1.82) is 0 Å². The lowest BCUT2D eigenvalue weighted by molar-refractivity contribution is -0.235. The number of amides is 1. The fourth-order valence-electron chi connectivity index (χ4n) is 5.23. The number of rotatable bonds is 9. The van der Waals surface area contributed by atoms with Gasteiger partial charge in [0.05, 0.1) is 19.1 Å². The summed E-state index contributed by atoms with van der Waals surface area (Å²) in [5, 5.41) is 5.87. The van der Waals surface area contributed by atoms with Gasteiger partial charge < -0.3 is 14.9 Å². The van der Waals surface area contributed by atoms with Crippen molar-refractivity contribution in [2.75, 3.05) is 19.6 Å². The third-order valence-corrected chi connectivity index (χ3v) is 7.55. The van der Waals surface area contributed by atoms with Gasteiger partial charge in [0, 0.05) is 18.0 Å². The van der Waals surface area contributed by atoms with E-state index in [4.69, 9.17) is 4.74 Å². The lowest BCUT2D eigenvalue weighted by Gasteiger charge is -2.32. The number of ether oxygens (including phenoxy) is 1. The maximum Gasteiger partial charge on any atom is 0.493 e. The molecule has 1 amide bonds. The van der Waals surface area contributed by atoms with Gasteiger partial charge in [0.15, 0.2) is 5.78 Å². The van der Waals surface area contributed by atoms with E-state index in [1.165, 1.54) is 12.1 Å². The molecule has 0 bridgehead atoms. The van der Waals surface area contributed by atoms with E-state index in [0.29, 0.717) is 18.7 Å². The molecule has 1 aliphatic heterocycles. The smallest absolute Gasteiger partial charge is 0.372 e. The van der Waals surface area contributed by atoms with Crippen LogP contribution in [0.2, 0.25) is 0 Å². The van der Waals surface area contributed by atoms with Crippen LogP contribution in [0.25, 0.3) is 10.8 Å². The topological polar surface area (TPSA) is 84.9 Å². The van der Waals surface area contributed by atoms with Crippen LogP contribution < -0.4 is 5.32 Å². The quantitative estimate of drug-likeness (QED) is 0.193. The van der Waals surface area contributed by atoms with Gasteiger partial charge in [-0.25, -0.2) is 4.79 Å². The van der Waals surface area contributed by atoms with Crippen molar-refractivity contribution in [3.05, 3.63) is 119 Å². The molecule has 1 N–H and O–H groups in total. The minimum Gasteiger partial charge on any atom is -0.372 e. The van der Waals surface area contributed by atoms with E-state index >= 15 is 0 Å². The fraction of sp³-hybridized carbons (Fsp3) is 0.265. The first-order chi connectivity index (χ1) is 21.2. The Kier molecular flexibility index (Phi) is 9.72. The molecule has 5 rings (SSSR count). The SMILES string of the molecule is O=C(CN(OC(=O)C(F)(F)F)C(=O)Cc1ccc(C2CCNCC2OCc2ccc3ccccc3c2)cc1)c1ccccc1. The molecule has 0 aromatic heterocycles. The summed E-state index contributed by atoms with van der Waals surface area (Å²) in [6, 6.07) is 29.3. The van der Waals surface area contributed by atoms with E-state index in [2.05, 4.69) is 40.5 Å². The molecule has 1 heterocycles. The van der Waals surface area contributed by atoms with E-state index in [1.54, 1.807) is 30.3 Å². The Morgan fingerprint density at radius 1 is 0.841 bits per heavy atom. The summed E-state index contributed by atoms with van der Waals surface area (Å²) in [6.07, 6.45) is -4.97. The van der Waals surface area contributed by atoms with Crippen molar-refractivity contribution in [1.82, 2.24) is 10.4 Å². The third kappa shape index (κ3) is 7.89. The first-order valence-corrected chi connectivity index (χ1v) is 14.2. The van der Waals surface area contributed by atoms with Crippen LogP contribution in [-0.2, 0) is 32.2 Å². The van der Waals surface area contributed by atoms with E-state index < -0.39 is 30.4 Å². The predicted molar refractivity (Wildman–Crippen MR) is 158 cm³/mol. The highest BCUT2D eigenvalue weighted by atomic mass is 19.4. The van der Waals surface area contributed by atoms with Crippen molar-refractivity contribution in [2.24, 2.45) is 0 Å². The lowest BCUT2D eigenvalue weighted by atomic mass is 9.87. The second kappa shape index (κ2) is 13.8. The van der Waals surface area contributed by atoms with Crippen LogP contribution in [0.15, 0.2) is 97.1 Å². The normalized spacial score (nSPS) is 16.8. The molecule has 2 atom stereocenters. The van der Waals surface area contributed by atoms with E-state index in [-0.39, 0.29) is 29.1 Å². The van der Waals surface area contributed by atoms with Gasteiger partial charge in [0.25, 0.3) is 5.91 Å². The molecular weight excluding hydrogens is 573 g/mol. The van der Waals surface area contributed by atoms with Crippen LogP contribution in [0.3, 0.4) is 0 Å². The minimum absolute atomic E-state index is 0.0918. The summed E-state index contributed by atoms with van der Waals surface area (Å²) >= 11 is 0. The number of benzene rings is 4. The number of carbonyl (C=O) groups excluding carboxylic acids is 3. The maximum absolute atomic E-state index is 13.0. The zero-order valence-electron chi connectivity index (χ0n) is 23.8. The van der Waals surface area contributed by atoms with Gasteiger partial charge in [-0.15, -0.1) is 0 Å². The number of Topliss-reactive ketones (excluding diaryl/α,β-unsaturated/α-hetero) is 1. The third-order valence-electron chi connectivity index (χ3n) is 7.55. The maximum atomic E-state index is 13.0. The first kappa shape index (κ1) is 30.9. The monoisotopic (exact) mass is 604 g/mol. The number of hydrogen-bond donors (Lipinski definition) is 1. The van der Waals surface area contributed by atoms with Gasteiger partial charge in [-0.2, -0.15) is 18.2 Å². The highest BCUT2D eigenvalue weighted by molar-refractivity contribution is 5.99. The number of fused-ring (bicyclic) bond motifs is 1. The van der Waals surface area contributed by atoms with E-state index in [0.717, 1.165) is 34.9 Å². The number of carbonyl (C=O) groups is 3. The number of alkyl halides is 3. The molecule has 0 spiro atoms. The van der Waals surface area contributed by atoms with Crippen molar-refractivity contribution in [3.8, 4) is 0 Å². The Morgan fingerprint density at radius 3 is 2.25 bits per heavy atom. The van der Waals surface area contributed by atoms with Gasteiger partial charge in [-0.1, -0.05) is 91.0 Å². The molecule has 2 unspecified atom stereocenters. The Morgan fingerprint density at radius 2 is 1.52 bits per heavy atom. The second-order valence-corrected chi connectivity index (χ2v) is 10.6. The van der Waals surface area contributed by atoms with Crippen molar-refractivity contribution >= 4 is 28.4 Å². The predicted octanol–water partition coefficient (Wildman–Crippen LogP) is 5.78. The van der Waals surface area contributed by atoms with Crippen molar-refractivity contribution in [3.63, 3.8) is 0 Å². The highest BCUT2D eigenvalue weighted by Gasteiger charge is 2.43. The first-order valence-electron chi connectivity index (χ1n) is 14.2. The number of nitrogens with zero attached hydrogens (tertiary/aromatic N) is 1. The van der Waals surface area contributed by atoms with E-state index in [1.807, 2.05) is 24.3 Å². The molecule has 1 saturated heterocycles. The number of hydroxylamine groups is 2. The minimum atomic E-state index is -5.34. The standard InChI is InChI=1S/C34H31F3N2O5/c35-34(36,37)33(42)44-39(21-30(40)27-7-2-1-3-8-27)32(41)19-23-10-14-26(15-11-23)29-16-17-38-20-31(29)43-22-24-12-13-25-6-4-5-9-28(25)18-24/h1-15,18,29,31,38H,16-17,19-22H2. The summed E-state index contributed by atoms with van der Waals surface area (Å²) in [5.74, 6) is -4.13. The van der Waals surface area contributed by atoms with Gasteiger partial charge in [-0.05, 0) is 46.5 Å². The number of halogens is 3. The van der Waals surface area contributed by atoms with Gasteiger partial charge in [0.1, 0.15) is 6.54 Å². The van der Waals surface area contributed by atoms with Crippen LogP contribution in [0.1, 0.15) is 39.4 Å². The summed E-state index contributed by atoms with van der Waals surface area (Å²) in [6.45, 7) is 1.09. The number of nitrogens with one attached hydrogen (secondary N) is 1. The molecule has 10 heteroatoms. The van der Waals surface area contributed by atoms with Crippen LogP contribution in [-0.4, -0.2) is 54.6 Å². The molecule has 1 fully saturated rings. The van der Waals surface area contributed by atoms with Crippen LogP contribution >= 0.6 is 0 Å². The zero-order chi connectivity index (χ0) is 31.1. The van der Waals surface area contributed by atoms with Crippen molar-refractivity contribution < 1.29 is 37.1 Å². The number of ketones is 1. The van der Waals surface area contributed by atoms with Crippen LogP contribution in [0.5, 0.6) is 0 Å². The van der Waals surface area contributed by atoms with Crippen LogP contribution in [0, 0.1) is 0 Å². The second-order valence-electron chi connectivity index (χ2n) is 10.6. The molecule has 0 aliphatic carbocycles. The largest absolute Gasteiger partial charge is 0.493 e. The Hall–Kier alpha value is -4.54. The van der Waals surface area contributed by atoms with Gasteiger partial charge in [-0.3, -0.25) is 9.59 Å². The Balaban J connectivity index is 1.24. The molecule has 0 saturated carbocycles. The lowest BCUT2D eigenvalue weighted by Crippen LogP contribution is -2.42.